The van der Waals surface area contributed by atoms with Crippen LogP contribution in [0.5, 0.6) is 23.0 Å². The molecule has 2 aromatic carbocycles. The van der Waals surface area contributed by atoms with Gasteiger partial charge in [0.25, 0.3) is 0 Å². The van der Waals surface area contributed by atoms with E-state index in [1.807, 2.05) is 0 Å². The van der Waals surface area contributed by atoms with E-state index in [9.17, 15) is 20.4 Å². The average molecular weight is 390 g/mol. The summed E-state index contributed by atoms with van der Waals surface area (Å²) in [5, 5.41) is 41.5. The van der Waals surface area contributed by atoms with Crippen LogP contribution in [0.2, 0.25) is 0 Å². The molecule has 4 rings (SSSR count). The van der Waals surface area contributed by atoms with E-state index in [0.29, 0.717) is 34.1 Å². The van der Waals surface area contributed by atoms with Gasteiger partial charge in [-0.2, -0.15) is 0 Å². The predicted octanol–water partition coefficient (Wildman–Crippen LogP) is 1.13. The van der Waals surface area contributed by atoms with Crippen molar-refractivity contribution in [3.63, 3.8) is 0 Å². The maximum atomic E-state index is 10.8. The van der Waals surface area contributed by atoms with Crippen LogP contribution in [0.4, 0.5) is 0 Å². The highest BCUT2D eigenvalue weighted by Crippen LogP contribution is 2.41. The molecule has 0 aliphatic carbocycles. The van der Waals surface area contributed by atoms with Crippen LogP contribution in [-0.2, 0) is 0 Å². The Balaban J connectivity index is 1.57. The van der Waals surface area contributed by atoms with Crippen LogP contribution in [0.15, 0.2) is 36.4 Å². The molecule has 4 unspecified atom stereocenters. The molecule has 8 nitrogen and oxygen atoms in total. The molecule has 4 atom stereocenters. The minimum Gasteiger partial charge on any atom is -0.454 e. The lowest BCUT2D eigenvalue weighted by Crippen LogP contribution is -2.32. The summed E-state index contributed by atoms with van der Waals surface area (Å²) in [6.07, 6.45) is -2.25. The van der Waals surface area contributed by atoms with Gasteiger partial charge in [0.2, 0.25) is 13.6 Å². The maximum absolute atomic E-state index is 10.8. The van der Waals surface area contributed by atoms with Gasteiger partial charge < -0.3 is 39.4 Å². The first kappa shape index (κ1) is 18.8. The van der Waals surface area contributed by atoms with Gasteiger partial charge in [-0.05, 0) is 35.4 Å². The monoisotopic (exact) mass is 390 g/mol. The summed E-state index contributed by atoms with van der Waals surface area (Å²) in [5.41, 5.74) is 0.999. The molecule has 2 heterocycles. The Morgan fingerprint density at radius 3 is 1.43 bits per heavy atom. The predicted molar refractivity (Wildman–Crippen MR) is 96.2 cm³/mol. The normalized spacial score (nSPS) is 18.6. The minimum absolute atomic E-state index is 0.112. The van der Waals surface area contributed by atoms with Crippen molar-refractivity contribution in [3.8, 4) is 23.0 Å². The second kappa shape index (κ2) is 7.84. The van der Waals surface area contributed by atoms with Crippen molar-refractivity contribution in [2.24, 2.45) is 11.8 Å². The maximum Gasteiger partial charge on any atom is 0.231 e. The van der Waals surface area contributed by atoms with Crippen LogP contribution >= 0.6 is 0 Å². The molecule has 0 amide bonds. The lowest BCUT2D eigenvalue weighted by atomic mass is 9.80. The summed E-state index contributed by atoms with van der Waals surface area (Å²) in [7, 11) is 0. The molecule has 2 aliphatic heterocycles. The number of hydrogen-bond acceptors (Lipinski definition) is 8. The third-order valence-electron chi connectivity index (χ3n) is 5.26. The molecule has 0 aromatic heterocycles. The van der Waals surface area contributed by atoms with E-state index in [4.69, 9.17) is 18.9 Å². The minimum atomic E-state index is -1.12. The van der Waals surface area contributed by atoms with Crippen LogP contribution < -0.4 is 18.9 Å². The zero-order chi connectivity index (χ0) is 19.7. The number of hydrogen-bond donors (Lipinski definition) is 4. The Labute approximate surface area is 161 Å². The fourth-order valence-corrected chi connectivity index (χ4v) is 3.63. The molecule has 0 saturated heterocycles. The van der Waals surface area contributed by atoms with Crippen LogP contribution in [0, 0.1) is 11.8 Å². The highest BCUT2D eigenvalue weighted by molar-refractivity contribution is 5.46. The van der Waals surface area contributed by atoms with Crippen LogP contribution in [-0.4, -0.2) is 47.2 Å². The third kappa shape index (κ3) is 3.35. The quantitative estimate of drug-likeness (QED) is 0.556. The molecule has 4 N–H and O–H groups in total. The zero-order valence-electron chi connectivity index (χ0n) is 15.0. The number of ether oxygens (including phenoxy) is 4. The van der Waals surface area contributed by atoms with E-state index < -0.39 is 37.3 Å². The first-order chi connectivity index (χ1) is 13.6. The smallest absolute Gasteiger partial charge is 0.231 e. The van der Waals surface area contributed by atoms with Crippen molar-refractivity contribution in [2.45, 2.75) is 12.2 Å². The number of aliphatic hydroxyl groups excluding tert-OH is 4. The lowest BCUT2D eigenvalue weighted by Gasteiger charge is -2.32. The Morgan fingerprint density at radius 1 is 0.643 bits per heavy atom. The largest absolute Gasteiger partial charge is 0.454 e. The summed E-state index contributed by atoms with van der Waals surface area (Å²) < 4.78 is 21.2. The fraction of sp³-hybridized carbons (Fsp3) is 0.400. The van der Waals surface area contributed by atoms with Gasteiger partial charge >= 0.3 is 0 Å². The van der Waals surface area contributed by atoms with Crippen LogP contribution in [0.1, 0.15) is 23.3 Å². The molecule has 150 valence electrons. The van der Waals surface area contributed by atoms with E-state index in [1.54, 1.807) is 36.4 Å². The summed E-state index contributed by atoms with van der Waals surface area (Å²) in [4.78, 5) is 0. The van der Waals surface area contributed by atoms with Gasteiger partial charge in [-0.15, -0.1) is 0 Å². The summed E-state index contributed by atoms with van der Waals surface area (Å²) in [6.45, 7) is -0.633. The van der Waals surface area contributed by atoms with Crippen molar-refractivity contribution in [1.29, 1.82) is 0 Å². The van der Waals surface area contributed by atoms with Gasteiger partial charge in [0, 0.05) is 25.0 Å². The standard InChI is InChI=1S/C20H22O8/c21-7-13(19(23)11-1-3-15-17(5-11)27-9-25-15)14(8-22)20(24)12-2-4-16-18(6-12)28-10-26-16/h1-6,13-14,19-24H,7-10H2. The molecule has 8 heteroatoms. The SMILES string of the molecule is OCC(C(O)c1ccc2c(c1)OCO2)C(CO)C(O)c1ccc2c(c1)OCO2. The molecule has 0 bridgehead atoms. The highest BCUT2D eigenvalue weighted by atomic mass is 16.7. The average Bonchev–Trinajstić information content (AvgIpc) is 3.38. The van der Waals surface area contributed by atoms with Crippen molar-refractivity contribution >= 4 is 0 Å². The summed E-state index contributed by atoms with van der Waals surface area (Å²) in [6, 6.07) is 9.97. The van der Waals surface area contributed by atoms with Gasteiger partial charge in [-0.1, -0.05) is 12.1 Å². The van der Waals surface area contributed by atoms with Crippen LogP contribution in [0.3, 0.4) is 0 Å². The van der Waals surface area contributed by atoms with Gasteiger partial charge in [0.1, 0.15) is 0 Å². The molecule has 0 fully saturated rings. The van der Waals surface area contributed by atoms with Crippen molar-refractivity contribution < 1.29 is 39.4 Å². The van der Waals surface area contributed by atoms with E-state index in [1.165, 1.54) is 0 Å². The fourth-order valence-electron chi connectivity index (χ4n) is 3.63. The van der Waals surface area contributed by atoms with Crippen molar-refractivity contribution in [2.75, 3.05) is 26.8 Å². The topological polar surface area (TPSA) is 118 Å². The van der Waals surface area contributed by atoms with Crippen LogP contribution in [0.25, 0.3) is 0 Å². The van der Waals surface area contributed by atoms with E-state index >= 15 is 0 Å². The number of aliphatic hydroxyl groups is 4. The molecular formula is C20H22O8. The van der Waals surface area contributed by atoms with Gasteiger partial charge in [-0.25, -0.2) is 0 Å². The molecule has 0 saturated carbocycles. The van der Waals surface area contributed by atoms with Crippen molar-refractivity contribution in [3.05, 3.63) is 47.5 Å². The highest BCUT2D eigenvalue weighted by Gasteiger charge is 2.35. The van der Waals surface area contributed by atoms with E-state index in [2.05, 4.69) is 0 Å². The first-order valence-corrected chi connectivity index (χ1v) is 8.99. The van der Waals surface area contributed by atoms with Gasteiger partial charge in [-0.3, -0.25) is 0 Å². The Morgan fingerprint density at radius 2 is 1.04 bits per heavy atom. The van der Waals surface area contributed by atoms with Gasteiger partial charge in [0.15, 0.2) is 23.0 Å². The molecule has 28 heavy (non-hydrogen) atoms. The lowest BCUT2D eigenvalue weighted by molar-refractivity contribution is -0.0424. The summed E-state index contributed by atoms with van der Waals surface area (Å²) >= 11 is 0. The summed E-state index contributed by atoms with van der Waals surface area (Å²) in [5.74, 6) is 0.540. The van der Waals surface area contributed by atoms with Gasteiger partial charge in [0.05, 0.1) is 12.2 Å². The molecule has 2 aliphatic rings. The molecule has 0 spiro atoms. The first-order valence-electron chi connectivity index (χ1n) is 8.99. The Hall–Kier alpha value is -2.52. The molecule has 0 radical (unpaired) electrons. The Bertz CT molecular complexity index is 769. The molecule has 2 aromatic rings. The zero-order valence-corrected chi connectivity index (χ0v) is 15.0. The number of fused-ring (bicyclic) bond motifs is 2. The Kier molecular flexibility index (Phi) is 5.27. The number of rotatable bonds is 7. The molecular weight excluding hydrogens is 368 g/mol. The number of benzene rings is 2. The van der Waals surface area contributed by atoms with E-state index in [0.717, 1.165) is 0 Å². The van der Waals surface area contributed by atoms with Crippen molar-refractivity contribution in [1.82, 2.24) is 0 Å². The third-order valence-corrected chi connectivity index (χ3v) is 5.26. The van der Waals surface area contributed by atoms with E-state index in [-0.39, 0.29) is 13.6 Å². The second-order valence-electron chi connectivity index (χ2n) is 6.81. The second-order valence-corrected chi connectivity index (χ2v) is 6.81.